The molecule has 0 radical (unpaired) electrons. The van der Waals surface area contributed by atoms with Gasteiger partial charge in [-0.05, 0) is 49.1 Å². The maximum atomic E-state index is 11.7. The molecule has 2 bridgehead atoms. The maximum absolute atomic E-state index is 11.7. The van der Waals surface area contributed by atoms with E-state index in [4.69, 9.17) is 4.74 Å². The third-order valence-corrected chi connectivity index (χ3v) is 6.90. The SMILES string of the molecule is CC(=O)N1CC2CC[C@H](C1)N2CCc1ccc(Oc2nc3ncccc3s2)cc1. The van der Waals surface area contributed by atoms with Crippen molar-refractivity contribution >= 4 is 27.6 Å². The van der Waals surface area contributed by atoms with Crippen molar-refractivity contribution in [3.8, 4) is 10.9 Å². The zero-order valence-electron chi connectivity index (χ0n) is 16.5. The summed E-state index contributed by atoms with van der Waals surface area (Å²) in [5.74, 6) is 1.00. The number of likely N-dealkylation sites (tertiary alicyclic amines) is 1. The lowest BCUT2D eigenvalue weighted by Gasteiger charge is -2.40. The molecular weight excluding hydrogens is 384 g/mol. The summed E-state index contributed by atoms with van der Waals surface area (Å²) in [6.45, 7) is 4.50. The summed E-state index contributed by atoms with van der Waals surface area (Å²) in [7, 11) is 0. The monoisotopic (exact) mass is 408 g/mol. The van der Waals surface area contributed by atoms with Gasteiger partial charge in [0.25, 0.3) is 5.19 Å². The standard InChI is InChI=1S/C22H24N4O2S/c1-15(27)25-13-17-6-7-18(14-25)26(17)12-10-16-4-8-19(9-5-16)28-22-24-21-20(29-22)3-2-11-23-21/h2-5,8-9,11,17-18H,6-7,10,12-14H2,1H3/t17-,18?/m1/s1. The van der Waals surface area contributed by atoms with Gasteiger partial charge in [0.15, 0.2) is 5.65 Å². The molecule has 2 aromatic heterocycles. The third kappa shape index (κ3) is 3.84. The quantitative estimate of drug-likeness (QED) is 0.644. The van der Waals surface area contributed by atoms with Gasteiger partial charge in [0.05, 0.1) is 4.70 Å². The number of carbonyl (C=O) groups is 1. The molecule has 0 spiro atoms. The Morgan fingerprint density at radius 3 is 2.62 bits per heavy atom. The second-order valence-corrected chi connectivity index (χ2v) is 8.84. The first-order valence-electron chi connectivity index (χ1n) is 10.2. The normalized spacial score (nSPS) is 21.6. The lowest BCUT2D eigenvalue weighted by Crippen LogP contribution is -2.55. The molecule has 2 atom stereocenters. The van der Waals surface area contributed by atoms with Crippen molar-refractivity contribution < 1.29 is 9.53 Å². The van der Waals surface area contributed by atoms with E-state index < -0.39 is 0 Å². The number of hydrogen-bond donors (Lipinski definition) is 0. The predicted octanol–water partition coefficient (Wildman–Crippen LogP) is 3.72. The van der Waals surface area contributed by atoms with Gasteiger partial charge < -0.3 is 9.64 Å². The molecule has 150 valence electrons. The molecule has 0 N–H and O–H groups in total. The van der Waals surface area contributed by atoms with Gasteiger partial charge >= 0.3 is 0 Å². The van der Waals surface area contributed by atoms with Crippen molar-refractivity contribution in [3.63, 3.8) is 0 Å². The maximum Gasteiger partial charge on any atom is 0.281 e. The number of thiazole rings is 1. The third-order valence-electron chi connectivity index (χ3n) is 6.01. The Hall–Kier alpha value is -2.51. The number of carbonyl (C=O) groups excluding carboxylic acids is 1. The number of benzene rings is 1. The molecule has 5 rings (SSSR count). The average molecular weight is 409 g/mol. The summed E-state index contributed by atoms with van der Waals surface area (Å²) in [5, 5.41) is 0.617. The highest BCUT2D eigenvalue weighted by Crippen LogP contribution is 2.32. The number of pyridine rings is 1. The van der Waals surface area contributed by atoms with Crippen LogP contribution in [0.25, 0.3) is 10.3 Å². The van der Waals surface area contributed by atoms with Crippen LogP contribution in [0.5, 0.6) is 10.9 Å². The summed E-state index contributed by atoms with van der Waals surface area (Å²) in [5.41, 5.74) is 2.03. The van der Waals surface area contributed by atoms with Gasteiger partial charge in [-0.1, -0.05) is 23.5 Å². The highest BCUT2D eigenvalue weighted by molar-refractivity contribution is 7.20. The number of amides is 1. The number of ether oxygens (including phenoxy) is 1. The van der Waals surface area contributed by atoms with Gasteiger partial charge in [0, 0.05) is 44.8 Å². The molecule has 2 saturated heterocycles. The molecule has 1 aromatic carbocycles. The van der Waals surface area contributed by atoms with Crippen LogP contribution >= 0.6 is 11.3 Å². The topological polar surface area (TPSA) is 58.6 Å². The van der Waals surface area contributed by atoms with Gasteiger partial charge in [-0.3, -0.25) is 9.69 Å². The highest BCUT2D eigenvalue weighted by Gasteiger charge is 2.40. The largest absolute Gasteiger partial charge is 0.431 e. The second kappa shape index (κ2) is 7.72. The molecular formula is C22H24N4O2S. The van der Waals surface area contributed by atoms with E-state index in [9.17, 15) is 4.79 Å². The van der Waals surface area contributed by atoms with Gasteiger partial charge in [-0.2, -0.15) is 4.98 Å². The zero-order valence-corrected chi connectivity index (χ0v) is 17.3. The minimum Gasteiger partial charge on any atom is -0.431 e. The first-order valence-corrected chi connectivity index (χ1v) is 11.0. The van der Waals surface area contributed by atoms with Crippen LogP contribution in [0.15, 0.2) is 42.6 Å². The minimum atomic E-state index is 0.209. The van der Waals surface area contributed by atoms with E-state index in [2.05, 4.69) is 27.0 Å². The Bertz CT molecular complexity index is 972. The van der Waals surface area contributed by atoms with E-state index in [1.807, 2.05) is 29.2 Å². The number of piperazine rings is 1. The van der Waals surface area contributed by atoms with Crippen LogP contribution in [0.3, 0.4) is 0 Å². The Morgan fingerprint density at radius 2 is 1.93 bits per heavy atom. The van der Waals surface area contributed by atoms with Crippen LogP contribution in [0, 0.1) is 0 Å². The van der Waals surface area contributed by atoms with Gasteiger partial charge in [-0.15, -0.1) is 0 Å². The van der Waals surface area contributed by atoms with Crippen molar-refractivity contribution in [2.24, 2.45) is 0 Å². The van der Waals surface area contributed by atoms with Crippen molar-refractivity contribution in [1.29, 1.82) is 0 Å². The van der Waals surface area contributed by atoms with Gasteiger partial charge in [0.1, 0.15) is 5.75 Å². The molecule has 1 amide bonds. The molecule has 0 aliphatic carbocycles. The Balaban J connectivity index is 1.19. The molecule has 2 fully saturated rings. The smallest absolute Gasteiger partial charge is 0.281 e. The molecule has 7 heteroatoms. The fourth-order valence-corrected chi connectivity index (χ4v) is 5.28. The Kier molecular flexibility index (Phi) is 4.93. The van der Waals surface area contributed by atoms with E-state index in [1.165, 1.54) is 29.7 Å². The van der Waals surface area contributed by atoms with Crippen LogP contribution in [-0.2, 0) is 11.2 Å². The van der Waals surface area contributed by atoms with Crippen LogP contribution < -0.4 is 4.74 Å². The lowest BCUT2D eigenvalue weighted by atomic mass is 10.1. The lowest BCUT2D eigenvalue weighted by molar-refractivity contribution is -0.132. The van der Waals surface area contributed by atoms with Crippen LogP contribution in [0.2, 0.25) is 0 Å². The molecule has 1 unspecified atom stereocenters. The van der Waals surface area contributed by atoms with E-state index in [0.717, 1.165) is 42.2 Å². The van der Waals surface area contributed by atoms with Crippen LogP contribution in [0.4, 0.5) is 0 Å². The van der Waals surface area contributed by atoms with Crippen molar-refractivity contribution in [1.82, 2.24) is 19.8 Å². The van der Waals surface area contributed by atoms with E-state index in [-0.39, 0.29) is 5.91 Å². The summed E-state index contributed by atoms with van der Waals surface area (Å²) < 4.78 is 6.94. The van der Waals surface area contributed by atoms with E-state index in [1.54, 1.807) is 13.1 Å². The van der Waals surface area contributed by atoms with Crippen molar-refractivity contribution in [3.05, 3.63) is 48.2 Å². The fraction of sp³-hybridized carbons (Fsp3) is 0.409. The first kappa shape index (κ1) is 18.5. The Labute approximate surface area is 174 Å². The van der Waals surface area contributed by atoms with Crippen LogP contribution in [-0.4, -0.2) is 57.4 Å². The number of fused-ring (bicyclic) bond motifs is 3. The summed E-state index contributed by atoms with van der Waals surface area (Å²) >= 11 is 1.50. The van der Waals surface area contributed by atoms with Crippen molar-refractivity contribution in [2.45, 2.75) is 38.3 Å². The Morgan fingerprint density at radius 1 is 1.17 bits per heavy atom. The number of rotatable bonds is 5. The van der Waals surface area contributed by atoms with Crippen molar-refractivity contribution in [2.75, 3.05) is 19.6 Å². The predicted molar refractivity (Wildman–Crippen MR) is 113 cm³/mol. The highest BCUT2D eigenvalue weighted by atomic mass is 32.1. The summed E-state index contributed by atoms with van der Waals surface area (Å²) in [4.78, 5) is 25.0. The molecule has 2 aliphatic heterocycles. The second-order valence-electron chi connectivity index (χ2n) is 7.85. The number of nitrogens with zero attached hydrogens (tertiary/aromatic N) is 4. The van der Waals surface area contributed by atoms with Crippen LogP contribution in [0.1, 0.15) is 25.3 Å². The summed E-state index contributed by atoms with van der Waals surface area (Å²) in [6, 6.07) is 13.2. The van der Waals surface area contributed by atoms with E-state index >= 15 is 0 Å². The average Bonchev–Trinajstić information content (AvgIpc) is 3.23. The summed E-state index contributed by atoms with van der Waals surface area (Å²) in [6.07, 6.45) is 5.17. The number of hydrogen-bond acceptors (Lipinski definition) is 6. The molecule has 4 heterocycles. The minimum absolute atomic E-state index is 0.209. The van der Waals surface area contributed by atoms with Gasteiger partial charge in [0.2, 0.25) is 5.91 Å². The fourth-order valence-electron chi connectivity index (χ4n) is 4.49. The molecule has 6 nitrogen and oxygen atoms in total. The first-order chi connectivity index (χ1) is 14.2. The van der Waals surface area contributed by atoms with E-state index in [0.29, 0.717) is 17.3 Å². The number of aromatic nitrogens is 2. The molecule has 29 heavy (non-hydrogen) atoms. The van der Waals surface area contributed by atoms with Gasteiger partial charge in [-0.25, -0.2) is 4.98 Å². The molecule has 0 saturated carbocycles. The zero-order chi connectivity index (χ0) is 19.8. The molecule has 2 aliphatic rings. The molecule has 3 aromatic rings.